The van der Waals surface area contributed by atoms with E-state index in [0.717, 1.165) is 22.5 Å². The quantitative estimate of drug-likeness (QED) is 0.453. The third kappa shape index (κ3) is 3.73. The van der Waals surface area contributed by atoms with E-state index in [4.69, 9.17) is 39.6 Å². The molecule has 1 aromatic carbocycles. The smallest absolute Gasteiger partial charge is 0.188 e. The zero-order chi connectivity index (χ0) is 29.4. The van der Waals surface area contributed by atoms with Crippen molar-refractivity contribution < 1.29 is 18.9 Å². The second-order valence-electron chi connectivity index (χ2n) is 10.9. The molecule has 12 nitrogen and oxygen atoms in total. The number of nitrogens with zero attached hydrogens (tertiary/aromatic N) is 7. The fraction of sp³-hybridized carbons (Fsp3) is 0.219. The molecule has 0 radical (unpaired) electrons. The molecule has 220 valence electrons. The monoisotopic (exact) mass is 584 g/mol. The first kappa shape index (κ1) is 24.9. The minimum atomic E-state index is -0.504. The summed E-state index contributed by atoms with van der Waals surface area (Å²) in [6.07, 6.45) is 10.2. The van der Waals surface area contributed by atoms with Gasteiger partial charge in [0.25, 0.3) is 0 Å². The standard InChI is InChI=1S/C32H24N8O4/c1-15-13-41-29-27-23(21-25(31(29)43-15)35-8-6-33-21)37-11-19(39-27)17-4-3-5-18(10-17)20-12-38-24-22-26(36-9-7-34-22)32-30(28(24)40-20)42-14-16(2)44-32/h3-6,8-10,12-14,19,25,28,33H,7,11H2,1-2H3/q-4. The number of fused-ring (bicyclic) bond motifs is 8. The maximum absolute atomic E-state index is 6.08. The van der Waals surface area contributed by atoms with Gasteiger partial charge in [-0.3, -0.25) is 15.0 Å². The van der Waals surface area contributed by atoms with Crippen molar-refractivity contribution in [3.63, 3.8) is 0 Å². The van der Waals surface area contributed by atoms with Gasteiger partial charge in [0, 0.05) is 11.9 Å². The summed E-state index contributed by atoms with van der Waals surface area (Å²) < 4.78 is 24.2. The molecule has 1 aromatic rings. The molecule has 0 bridgehead atoms. The molecule has 0 saturated carbocycles. The van der Waals surface area contributed by atoms with Crippen molar-refractivity contribution in [2.45, 2.75) is 32.0 Å². The highest BCUT2D eigenvalue weighted by atomic mass is 16.6. The Kier molecular flexibility index (Phi) is 5.34. The first-order valence-electron chi connectivity index (χ1n) is 14.3. The SMILES string of the molecule is CC1=COC2=C(O1)C1=C([N-]CC=N1)C1=NC=C(c3cccc(C4C[N-]C5=C6NC=C[N-]C6C6=C(OC=C(C)O6)C5=N4)c3)[N-]C12. The van der Waals surface area contributed by atoms with Crippen LogP contribution in [0.4, 0.5) is 0 Å². The highest BCUT2D eigenvalue weighted by Crippen LogP contribution is 2.46. The number of rotatable bonds is 2. The fourth-order valence-corrected chi connectivity index (χ4v) is 6.09. The number of aliphatic imine (C=N–C) groups is 3. The van der Waals surface area contributed by atoms with E-state index in [1.165, 1.54) is 0 Å². The summed E-state index contributed by atoms with van der Waals surface area (Å²) in [5, 5.41) is 22.6. The van der Waals surface area contributed by atoms with Crippen LogP contribution in [0.25, 0.3) is 27.0 Å². The number of nitrogens with one attached hydrogen (secondary N) is 1. The maximum atomic E-state index is 6.08. The predicted octanol–water partition coefficient (Wildman–Crippen LogP) is 6.02. The summed E-state index contributed by atoms with van der Waals surface area (Å²) in [5.74, 6) is 3.52. The Balaban J connectivity index is 1.06. The maximum Gasteiger partial charge on any atom is 0.188 e. The number of hydrogen-bond donors (Lipinski definition) is 1. The lowest BCUT2D eigenvalue weighted by atomic mass is 9.92. The van der Waals surface area contributed by atoms with E-state index >= 15 is 0 Å². The van der Waals surface area contributed by atoms with Crippen LogP contribution in [-0.4, -0.2) is 42.8 Å². The fourth-order valence-electron chi connectivity index (χ4n) is 6.09. The lowest BCUT2D eigenvalue weighted by Gasteiger charge is -2.49. The minimum Gasteiger partial charge on any atom is -0.679 e. The second-order valence-corrected chi connectivity index (χ2v) is 10.9. The van der Waals surface area contributed by atoms with Crippen LogP contribution >= 0.6 is 0 Å². The zero-order valence-electron chi connectivity index (χ0n) is 23.7. The van der Waals surface area contributed by atoms with Gasteiger partial charge in [-0.25, -0.2) is 0 Å². The van der Waals surface area contributed by atoms with Crippen LogP contribution in [0.15, 0.2) is 128 Å². The predicted molar refractivity (Wildman–Crippen MR) is 164 cm³/mol. The molecule has 6 heterocycles. The lowest BCUT2D eigenvalue weighted by Crippen LogP contribution is -2.37. The van der Waals surface area contributed by atoms with Crippen LogP contribution < -0.4 is 5.32 Å². The third-order valence-electron chi connectivity index (χ3n) is 8.05. The molecule has 12 heteroatoms. The Morgan fingerprint density at radius 3 is 2.82 bits per heavy atom. The molecule has 0 spiro atoms. The van der Waals surface area contributed by atoms with Gasteiger partial charge in [0.15, 0.2) is 11.5 Å². The summed E-state index contributed by atoms with van der Waals surface area (Å²) >= 11 is 0. The molecule has 6 aliphatic heterocycles. The van der Waals surface area contributed by atoms with Gasteiger partial charge >= 0.3 is 0 Å². The topological polar surface area (TPSA) is 142 Å². The van der Waals surface area contributed by atoms with Gasteiger partial charge in [0.05, 0.1) is 17.5 Å². The molecule has 0 amide bonds. The molecule has 2 aliphatic carbocycles. The van der Waals surface area contributed by atoms with Crippen molar-refractivity contribution in [3.05, 3.63) is 145 Å². The van der Waals surface area contributed by atoms with Gasteiger partial charge in [-0.05, 0) is 55.2 Å². The van der Waals surface area contributed by atoms with E-state index in [1.54, 1.807) is 37.3 Å². The highest BCUT2D eigenvalue weighted by molar-refractivity contribution is 6.16. The molecule has 0 fully saturated rings. The zero-order valence-corrected chi connectivity index (χ0v) is 23.7. The van der Waals surface area contributed by atoms with E-state index < -0.39 is 6.04 Å². The van der Waals surface area contributed by atoms with E-state index in [2.05, 4.69) is 27.0 Å². The first-order valence-corrected chi connectivity index (χ1v) is 14.3. The van der Waals surface area contributed by atoms with Crippen molar-refractivity contribution in [1.29, 1.82) is 0 Å². The Hall–Kier alpha value is -5.65. The largest absolute Gasteiger partial charge is 0.679 e. The van der Waals surface area contributed by atoms with Gasteiger partial charge < -0.3 is 45.5 Å². The van der Waals surface area contributed by atoms with E-state index in [1.807, 2.05) is 32.0 Å². The Morgan fingerprint density at radius 2 is 1.86 bits per heavy atom. The van der Waals surface area contributed by atoms with E-state index in [-0.39, 0.29) is 12.1 Å². The molecule has 0 saturated heterocycles. The summed E-state index contributed by atoms with van der Waals surface area (Å²) in [5.41, 5.74) is 6.83. The van der Waals surface area contributed by atoms with E-state index in [9.17, 15) is 0 Å². The van der Waals surface area contributed by atoms with Crippen molar-refractivity contribution in [1.82, 2.24) is 5.32 Å². The summed E-state index contributed by atoms with van der Waals surface area (Å²) in [6.45, 7) is 4.62. The van der Waals surface area contributed by atoms with Crippen molar-refractivity contribution in [3.8, 4) is 0 Å². The number of hydrogen-bond acceptors (Lipinski definition) is 8. The van der Waals surface area contributed by atoms with Gasteiger partial charge in [-0.2, -0.15) is 6.20 Å². The third-order valence-corrected chi connectivity index (χ3v) is 8.05. The highest BCUT2D eigenvalue weighted by Gasteiger charge is 2.35. The molecule has 3 atom stereocenters. The van der Waals surface area contributed by atoms with Crippen LogP contribution in [0.5, 0.6) is 0 Å². The van der Waals surface area contributed by atoms with Crippen molar-refractivity contribution in [2.24, 2.45) is 15.0 Å². The number of allylic oxidation sites excluding steroid dienone is 2. The van der Waals surface area contributed by atoms with Crippen LogP contribution in [0.2, 0.25) is 0 Å². The normalized spacial score (nSPS) is 27.3. The Labute approximate surface area is 252 Å². The van der Waals surface area contributed by atoms with Crippen molar-refractivity contribution in [2.75, 3.05) is 13.1 Å². The minimum absolute atomic E-state index is 0.242. The molecule has 1 N–H and O–H groups in total. The van der Waals surface area contributed by atoms with Gasteiger partial charge in [-0.15, -0.1) is 12.2 Å². The number of ether oxygens (including phenoxy) is 4. The molecule has 9 rings (SSSR count). The number of benzene rings is 1. The molecule has 44 heavy (non-hydrogen) atoms. The average Bonchev–Trinajstić information content (AvgIpc) is 3.08. The van der Waals surface area contributed by atoms with Crippen molar-refractivity contribution >= 4 is 23.3 Å². The summed E-state index contributed by atoms with van der Waals surface area (Å²) in [4.78, 5) is 14.5. The molecule has 0 aromatic heterocycles. The van der Waals surface area contributed by atoms with Crippen LogP contribution in [-0.2, 0) is 18.9 Å². The molecule has 3 unspecified atom stereocenters. The van der Waals surface area contributed by atoms with Crippen LogP contribution in [0, 0.1) is 0 Å². The summed E-state index contributed by atoms with van der Waals surface area (Å²) in [6, 6.07) is 7.04. The van der Waals surface area contributed by atoms with Crippen LogP contribution in [0.3, 0.4) is 0 Å². The second kappa shape index (κ2) is 9.43. The average molecular weight is 585 g/mol. The first-order chi connectivity index (χ1) is 21.6. The Bertz CT molecular complexity index is 1890. The Morgan fingerprint density at radius 1 is 0.955 bits per heavy atom. The van der Waals surface area contributed by atoms with Crippen LogP contribution in [0.1, 0.15) is 31.0 Å². The van der Waals surface area contributed by atoms with E-state index in [0.29, 0.717) is 76.2 Å². The van der Waals surface area contributed by atoms with Gasteiger partial charge in [0.1, 0.15) is 35.6 Å². The van der Waals surface area contributed by atoms with Gasteiger partial charge in [0.2, 0.25) is 0 Å². The lowest BCUT2D eigenvalue weighted by molar-refractivity contribution is 0.199. The molecular weight excluding hydrogens is 560 g/mol. The summed E-state index contributed by atoms with van der Waals surface area (Å²) in [7, 11) is 0. The molecule has 8 aliphatic rings. The molecular formula is C32H24N8O4-4. The van der Waals surface area contributed by atoms with Gasteiger partial charge in [-0.1, -0.05) is 42.2 Å².